The predicted octanol–water partition coefficient (Wildman–Crippen LogP) is -0.840. The largest absolute Gasteiger partial charge is 0.301 e. The molecule has 0 saturated carbocycles. The molecule has 0 atom stereocenters. The molecule has 0 spiro atoms. The minimum atomic E-state index is -3.88. The van der Waals surface area contributed by atoms with Gasteiger partial charge in [0.05, 0.1) is 11.5 Å². The highest BCUT2D eigenvalue weighted by atomic mass is 32.2. The number of rotatable bonds is 8. The van der Waals surface area contributed by atoms with Gasteiger partial charge in [0.15, 0.2) is 0 Å². The maximum atomic E-state index is 10.6. The van der Waals surface area contributed by atoms with Gasteiger partial charge < -0.3 is 9.80 Å². The predicted molar refractivity (Wildman–Crippen MR) is 74.9 cm³/mol. The van der Waals surface area contributed by atoms with Crippen molar-refractivity contribution in [1.29, 1.82) is 0 Å². The van der Waals surface area contributed by atoms with Crippen molar-refractivity contribution < 1.29 is 25.9 Å². The molecule has 0 aromatic rings. The lowest BCUT2D eigenvalue weighted by Crippen LogP contribution is -2.47. The summed E-state index contributed by atoms with van der Waals surface area (Å²) in [5.74, 6) is -0.441. The molecule has 1 saturated heterocycles. The Bertz CT molecular complexity index is 436. The Kier molecular flexibility index (Phi) is 6.82. The third kappa shape index (κ3) is 8.82. The Hall–Kier alpha value is -0.260. The van der Waals surface area contributed by atoms with Gasteiger partial charge >= 0.3 is 0 Å². The van der Waals surface area contributed by atoms with Crippen molar-refractivity contribution >= 4 is 20.2 Å². The molecule has 0 bridgehead atoms. The Morgan fingerprint density at radius 1 is 0.700 bits per heavy atom. The van der Waals surface area contributed by atoms with Crippen molar-refractivity contribution in [3.8, 4) is 0 Å². The van der Waals surface area contributed by atoms with Crippen LogP contribution in [0.25, 0.3) is 0 Å². The van der Waals surface area contributed by atoms with Gasteiger partial charge in [0.1, 0.15) is 0 Å². The molecular weight excluding hydrogens is 308 g/mol. The zero-order valence-electron chi connectivity index (χ0n) is 11.3. The first-order valence-electron chi connectivity index (χ1n) is 6.51. The summed E-state index contributed by atoms with van der Waals surface area (Å²) in [5.41, 5.74) is 0. The van der Waals surface area contributed by atoms with Crippen LogP contribution in [0.4, 0.5) is 0 Å². The zero-order chi connectivity index (χ0) is 15.2. The van der Waals surface area contributed by atoms with E-state index in [1.807, 2.05) is 0 Å². The molecule has 10 heteroatoms. The first kappa shape index (κ1) is 17.8. The molecule has 0 unspecified atom stereocenters. The first-order valence-corrected chi connectivity index (χ1v) is 9.72. The summed E-state index contributed by atoms with van der Waals surface area (Å²) in [7, 11) is -7.76. The van der Waals surface area contributed by atoms with Crippen molar-refractivity contribution in [3.63, 3.8) is 0 Å². The number of hydrogen-bond donors (Lipinski definition) is 2. The molecule has 1 rings (SSSR count). The number of hydrogen-bond acceptors (Lipinski definition) is 6. The fraction of sp³-hybridized carbons (Fsp3) is 1.00. The van der Waals surface area contributed by atoms with Crippen LogP contribution in [-0.4, -0.2) is 86.5 Å². The van der Waals surface area contributed by atoms with Gasteiger partial charge in [-0.3, -0.25) is 9.11 Å². The van der Waals surface area contributed by atoms with E-state index in [1.54, 1.807) is 0 Å². The summed E-state index contributed by atoms with van der Waals surface area (Å²) in [5, 5.41) is 0. The second-order valence-electron chi connectivity index (χ2n) is 4.96. The van der Waals surface area contributed by atoms with Crippen LogP contribution in [0, 0.1) is 0 Å². The van der Waals surface area contributed by atoms with E-state index in [1.165, 1.54) is 0 Å². The van der Waals surface area contributed by atoms with Gasteiger partial charge in [-0.05, 0) is 25.9 Å². The molecule has 0 aromatic carbocycles. The molecule has 1 fully saturated rings. The number of piperazine rings is 1. The Labute approximate surface area is 120 Å². The van der Waals surface area contributed by atoms with Gasteiger partial charge in [-0.15, -0.1) is 0 Å². The van der Waals surface area contributed by atoms with Gasteiger partial charge in [-0.25, -0.2) is 0 Å². The normalized spacial score (nSPS) is 19.3. The highest BCUT2D eigenvalue weighted by molar-refractivity contribution is 7.86. The quantitative estimate of drug-likeness (QED) is 0.554. The highest BCUT2D eigenvalue weighted by Gasteiger charge is 2.17. The van der Waals surface area contributed by atoms with Gasteiger partial charge in [-0.1, -0.05) is 0 Å². The Morgan fingerprint density at radius 3 is 1.25 bits per heavy atom. The van der Waals surface area contributed by atoms with Crippen molar-refractivity contribution in [2.75, 3.05) is 50.8 Å². The van der Waals surface area contributed by atoms with Gasteiger partial charge in [0.2, 0.25) is 0 Å². The van der Waals surface area contributed by atoms with Gasteiger partial charge in [-0.2, -0.15) is 16.8 Å². The number of nitrogens with zero attached hydrogens (tertiary/aromatic N) is 2. The molecule has 0 aromatic heterocycles. The summed E-state index contributed by atoms with van der Waals surface area (Å²) in [4.78, 5) is 4.23. The average Bonchev–Trinajstić information content (AvgIpc) is 2.28. The van der Waals surface area contributed by atoms with Crippen LogP contribution in [0.2, 0.25) is 0 Å². The van der Waals surface area contributed by atoms with Crippen molar-refractivity contribution in [2.45, 2.75) is 12.8 Å². The van der Waals surface area contributed by atoms with E-state index in [0.29, 0.717) is 25.9 Å². The molecule has 1 aliphatic heterocycles. The zero-order valence-corrected chi connectivity index (χ0v) is 12.9. The molecule has 8 nitrogen and oxygen atoms in total. The van der Waals surface area contributed by atoms with Crippen LogP contribution in [0.3, 0.4) is 0 Å². The summed E-state index contributed by atoms with van der Waals surface area (Å²) in [6, 6.07) is 0. The summed E-state index contributed by atoms with van der Waals surface area (Å²) < 4.78 is 59.6. The van der Waals surface area contributed by atoms with Crippen LogP contribution in [0.15, 0.2) is 0 Å². The van der Waals surface area contributed by atoms with E-state index in [9.17, 15) is 16.8 Å². The molecule has 1 heterocycles. The Morgan fingerprint density at radius 2 is 1.00 bits per heavy atom. The lowest BCUT2D eigenvalue weighted by atomic mass is 10.3. The van der Waals surface area contributed by atoms with Crippen LogP contribution in [0.5, 0.6) is 0 Å². The summed E-state index contributed by atoms with van der Waals surface area (Å²) in [6.07, 6.45) is 0.809. The van der Waals surface area contributed by atoms with E-state index in [4.69, 9.17) is 9.11 Å². The van der Waals surface area contributed by atoms with E-state index in [-0.39, 0.29) is 11.5 Å². The third-order valence-electron chi connectivity index (χ3n) is 3.22. The van der Waals surface area contributed by atoms with Crippen molar-refractivity contribution in [1.82, 2.24) is 9.80 Å². The third-order valence-corrected chi connectivity index (χ3v) is 4.83. The molecule has 0 radical (unpaired) electrons. The molecular formula is C10H22N2O6S2. The smallest absolute Gasteiger partial charge is 0.264 e. The molecule has 0 amide bonds. The maximum absolute atomic E-state index is 10.6. The topological polar surface area (TPSA) is 115 Å². The van der Waals surface area contributed by atoms with Gasteiger partial charge in [0, 0.05) is 26.2 Å². The van der Waals surface area contributed by atoms with Crippen LogP contribution in [-0.2, 0) is 20.2 Å². The van der Waals surface area contributed by atoms with E-state index in [2.05, 4.69) is 9.80 Å². The van der Waals surface area contributed by atoms with Crippen LogP contribution >= 0.6 is 0 Å². The minimum Gasteiger partial charge on any atom is -0.301 e. The minimum absolute atomic E-state index is 0.221. The lowest BCUT2D eigenvalue weighted by Gasteiger charge is -2.34. The molecule has 2 N–H and O–H groups in total. The maximum Gasteiger partial charge on any atom is 0.264 e. The van der Waals surface area contributed by atoms with Crippen molar-refractivity contribution in [3.05, 3.63) is 0 Å². The molecule has 20 heavy (non-hydrogen) atoms. The first-order chi connectivity index (χ1) is 9.16. The van der Waals surface area contributed by atoms with E-state index >= 15 is 0 Å². The lowest BCUT2D eigenvalue weighted by molar-refractivity contribution is 0.133. The second-order valence-corrected chi connectivity index (χ2v) is 8.11. The highest BCUT2D eigenvalue weighted by Crippen LogP contribution is 2.04. The molecule has 1 aliphatic rings. The second kappa shape index (κ2) is 7.66. The molecule has 120 valence electrons. The fourth-order valence-corrected chi connectivity index (χ4v) is 3.17. The summed E-state index contributed by atoms with van der Waals surface area (Å²) in [6.45, 7) is 4.40. The monoisotopic (exact) mass is 330 g/mol. The Balaban J connectivity index is 2.14. The van der Waals surface area contributed by atoms with E-state index < -0.39 is 20.2 Å². The summed E-state index contributed by atoms with van der Waals surface area (Å²) >= 11 is 0. The van der Waals surface area contributed by atoms with Crippen LogP contribution in [0.1, 0.15) is 12.8 Å². The van der Waals surface area contributed by atoms with Gasteiger partial charge in [0.25, 0.3) is 20.2 Å². The molecule has 0 aliphatic carbocycles. The standard InChI is InChI=1S/C10H22N2O6S2/c13-19(14,15)9-1-3-11-5-7-12(8-6-11)4-2-10-20(16,17)18/h1-10H2,(H,13,14,15)(H,16,17,18). The van der Waals surface area contributed by atoms with Crippen LogP contribution < -0.4 is 0 Å². The SMILES string of the molecule is O=S(=O)(O)CCCN1CCN(CCCS(=O)(=O)O)CC1. The average molecular weight is 330 g/mol. The van der Waals surface area contributed by atoms with Crippen molar-refractivity contribution in [2.24, 2.45) is 0 Å². The fourth-order valence-electron chi connectivity index (χ4n) is 2.18. The van der Waals surface area contributed by atoms with E-state index in [0.717, 1.165) is 26.2 Å².